The normalized spacial score (nSPS) is 17.3. The molecule has 1 aliphatic rings. The lowest BCUT2D eigenvalue weighted by Gasteiger charge is -2.32. The van der Waals surface area contributed by atoms with E-state index in [1.807, 2.05) is 29.1 Å². The summed E-state index contributed by atoms with van der Waals surface area (Å²) < 4.78 is 1.89. The first-order valence-corrected chi connectivity index (χ1v) is 10.5. The van der Waals surface area contributed by atoms with Gasteiger partial charge >= 0.3 is 0 Å². The number of aryl methyl sites for hydroxylation is 1. The highest BCUT2D eigenvalue weighted by Crippen LogP contribution is 2.33. The molecule has 142 valence electrons. The van der Waals surface area contributed by atoms with E-state index in [-0.39, 0.29) is 0 Å². The molecule has 28 heavy (non-hydrogen) atoms. The van der Waals surface area contributed by atoms with Crippen molar-refractivity contribution in [1.82, 2.24) is 29.9 Å². The lowest BCUT2D eigenvalue weighted by molar-refractivity contribution is 0.503. The van der Waals surface area contributed by atoms with Crippen LogP contribution in [0.5, 0.6) is 0 Å². The average molecular weight is 392 g/mol. The summed E-state index contributed by atoms with van der Waals surface area (Å²) in [5, 5.41) is 15.4. The molecule has 1 fully saturated rings. The molecule has 8 heteroatoms. The van der Waals surface area contributed by atoms with Crippen molar-refractivity contribution in [2.45, 2.75) is 32.2 Å². The van der Waals surface area contributed by atoms with E-state index in [9.17, 15) is 0 Å². The Bertz CT molecular complexity index is 1090. The number of benzene rings is 1. The summed E-state index contributed by atoms with van der Waals surface area (Å²) in [5.41, 5.74) is 2.82. The largest absolute Gasteiger partial charge is 0.355 e. The molecule has 7 nitrogen and oxygen atoms in total. The number of aromatic nitrogens is 6. The summed E-state index contributed by atoms with van der Waals surface area (Å²) in [6.07, 6.45) is 5.88. The molecule has 0 aliphatic carbocycles. The minimum Gasteiger partial charge on any atom is -0.355 e. The molecule has 0 N–H and O–H groups in total. The summed E-state index contributed by atoms with van der Waals surface area (Å²) in [4.78, 5) is 11.7. The summed E-state index contributed by atoms with van der Waals surface area (Å²) in [6, 6.07) is 10.3. The van der Waals surface area contributed by atoms with Crippen molar-refractivity contribution >= 4 is 28.3 Å². The molecule has 1 atom stereocenters. The number of rotatable bonds is 4. The quantitative estimate of drug-likeness (QED) is 0.528. The fourth-order valence-corrected chi connectivity index (χ4v) is 4.68. The molecule has 5 rings (SSSR count). The zero-order valence-corrected chi connectivity index (χ0v) is 16.5. The van der Waals surface area contributed by atoms with Crippen LogP contribution >= 0.6 is 11.3 Å². The van der Waals surface area contributed by atoms with Gasteiger partial charge in [-0.05, 0) is 19.8 Å². The van der Waals surface area contributed by atoms with Crippen LogP contribution in [0.1, 0.15) is 30.7 Å². The summed E-state index contributed by atoms with van der Waals surface area (Å²) in [5.74, 6) is 1.29. The second-order valence-corrected chi connectivity index (χ2v) is 8.00. The van der Waals surface area contributed by atoms with E-state index in [2.05, 4.69) is 44.2 Å². The third kappa shape index (κ3) is 3.13. The SMILES string of the molecule is CCn1ncc2ncc(N3CCCC(c4nnc(-c5ccccc5)s4)C3)nc21. The maximum atomic E-state index is 4.84. The van der Waals surface area contributed by atoms with E-state index < -0.39 is 0 Å². The number of anilines is 1. The van der Waals surface area contributed by atoms with Crippen molar-refractivity contribution in [3.63, 3.8) is 0 Å². The predicted octanol–water partition coefficient (Wildman–Crippen LogP) is 3.75. The summed E-state index contributed by atoms with van der Waals surface area (Å²) in [7, 11) is 0. The summed E-state index contributed by atoms with van der Waals surface area (Å²) in [6.45, 7) is 4.74. The van der Waals surface area contributed by atoms with E-state index in [4.69, 9.17) is 4.98 Å². The van der Waals surface area contributed by atoms with Gasteiger partial charge in [0.25, 0.3) is 0 Å². The standard InChI is InChI=1S/C20H21N7S/c1-2-27-18-16(11-22-27)21-12-17(23-18)26-10-6-9-15(13-26)20-25-24-19(28-20)14-7-4-3-5-8-14/h3-5,7-8,11-12,15H,2,6,9-10,13H2,1H3. The zero-order chi connectivity index (χ0) is 18.9. The van der Waals surface area contributed by atoms with Crippen LogP contribution < -0.4 is 4.90 Å². The van der Waals surface area contributed by atoms with Crippen LogP contribution in [-0.2, 0) is 6.54 Å². The highest BCUT2D eigenvalue weighted by Gasteiger charge is 2.26. The third-order valence-corrected chi connectivity index (χ3v) is 6.32. The van der Waals surface area contributed by atoms with Gasteiger partial charge in [0.05, 0.1) is 12.4 Å². The van der Waals surface area contributed by atoms with Gasteiger partial charge in [-0.2, -0.15) is 5.10 Å². The van der Waals surface area contributed by atoms with Gasteiger partial charge < -0.3 is 4.90 Å². The molecule has 1 aliphatic heterocycles. The first-order valence-electron chi connectivity index (χ1n) is 9.64. The molecule has 3 aromatic heterocycles. The van der Waals surface area contributed by atoms with Gasteiger partial charge in [0.15, 0.2) is 5.65 Å². The van der Waals surface area contributed by atoms with Crippen molar-refractivity contribution in [3.8, 4) is 10.6 Å². The van der Waals surface area contributed by atoms with Crippen LogP contribution in [0, 0.1) is 0 Å². The Hall–Kier alpha value is -2.87. The number of hydrogen-bond acceptors (Lipinski definition) is 7. The van der Waals surface area contributed by atoms with E-state index >= 15 is 0 Å². The second kappa shape index (κ2) is 7.27. The van der Waals surface area contributed by atoms with Gasteiger partial charge in [-0.1, -0.05) is 41.7 Å². The van der Waals surface area contributed by atoms with Crippen molar-refractivity contribution < 1.29 is 0 Å². The highest BCUT2D eigenvalue weighted by atomic mass is 32.1. The van der Waals surface area contributed by atoms with E-state index in [1.165, 1.54) is 0 Å². The van der Waals surface area contributed by atoms with Crippen molar-refractivity contribution in [2.24, 2.45) is 0 Å². The Balaban J connectivity index is 1.39. The smallest absolute Gasteiger partial charge is 0.178 e. The van der Waals surface area contributed by atoms with Crippen LogP contribution in [0.3, 0.4) is 0 Å². The number of piperidine rings is 1. The number of fused-ring (bicyclic) bond motifs is 1. The lowest BCUT2D eigenvalue weighted by Crippen LogP contribution is -2.35. The zero-order valence-electron chi connectivity index (χ0n) is 15.7. The number of hydrogen-bond donors (Lipinski definition) is 0. The van der Waals surface area contributed by atoms with Gasteiger partial charge in [-0.25, -0.2) is 14.6 Å². The molecular formula is C20H21N7S. The van der Waals surface area contributed by atoms with Crippen LogP contribution in [0.4, 0.5) is 5.82 Å². The monoisotopic (exact) mass is 391 g/mol. The molecule has 4 heterocycles. The topological polar surface area (TPSA) is 72.6 Å². The lowest BCUT2D eigenvalue weighted by atomic mass is 9.99. The van der Waals surface area contributed by atoms with Gasteiger partial charge in [-0.3, -0.25) is 0 Å². The molecule has 1 saturated heterocycles. The van der Waals surface area contributed by atoms with E-state index in [0.29, 0.717) is 5.92 Å². The molecule has 1 unspecified atom stereocenters. The summed E-state index contributed by atoms with van der Waals surface area (Å²) >= 11 is 1.70. The first-order chi connectivity index (χ1) is 13.8. The van der Waals surface area contributed by atoms with Crippen LogP contribution in [0.2, 0.25) is 0 Å². The second-order valence-electron chi connectivity index (χ2n) is 6.99. The minimum absolute atomic E-state index is 0.372. The molecule has 0 radical (unpaired) electrons. The van der Waals surface area contributed by atoms with E-state index in [1.54, 1.807) is 17.5 Å². The Labute approximate surface area is 167 Å². The Morgan fingerprint density at radius 2 is 2.04 bits per heavy atom. The molecular weight excluding hydrogens is 370 g/mol. The van der Waals surface area contributed by atoms with Gasteiger partial charge in [0.1, 0.15) is 21.3 Å². The van der Waals surface area contributed by atoms with Gasteiger partial charge in [0.2, 0.25) is 0 Å². The van der Waals surface area contributed by atoms with E-state index in [0.717, 1.165) is 65.0 Å². The highest BCUT2D eigenvalue weighted by molar-refractivity contribution is 7.14. The minimum atomic E-state index is 0.372. The van der Waals surface area contributed by atoms with Crippen LogP contribution in [0.25, 0.3) is 21.7 Å². The molecule has 1 aromatic carbocycles. The molecule has 0 bridgehead atoms. The average Bonchev–Trinajstić information content (AvgIpc) is 3.41. The van der Waals surface area contributed by atoms with Gasteiger partial charge in [-0.15, -0.1) is 10.2 Å². The molecule has 0 amide bonds. The van der Waals surface area contributed by atoms with Crippen molar-refractivity contribution in [2.75, 3.05) is 18.0 Å². The Morgan fingerprint density at radius 1 is 1.14 bits per heavy atom. The van der Waals surface area contributed by atoms with Crippen LogP contribution in [-0.4, -0.2) is 43.0 Å². The fourth-order valence-electron chi connectivity index (χ4n) is 3.71. The molecule has 0 saturated carbocycles. The Kier molecular flexibility index (Phi) is 4.48. The molecule has 4 aromatic rings. The third-order valence-electron chi connectivity index (χ3n) is 5.19. The van der Waals surface area contributed by atoms with Crippen molar-refractivity contribution in [1.29, 1.82) is 0 Å². The fraction of sp³-hybridized carbons (Fsp3) is 0.350. The molecule has 0 spiro atoms. The maximum Gasteiger partial charge on any atom is 0.178 e. The first kappa shape index (κ1) is 17.2. The van der Waals surface area contributed by atoms with Crippen molar-refractivity contribution in [3.05, 3.63) is 47.7 Å². The Morgan fingerprint density at radius 3 is 2.89 bits per heavy atom. The number of nitrogens with zero attached hydrogens (tertiary/aromatic N) is 7. The maximum absolute atomic E-state index is 4.84. The van der Waals surface area contributed by atoms with Gasteiger partial charge in [0, 0.05) is 31.1 Å². The predicted molar refractivity (Wildman–Crippen MR) is 111 cm³/mol. The van der Waals surface area contributed by atoms with Crippen LogP contribution in [0.15, 0.2) is 42.7 Å².